The highest BCUT2D eigenvalue weighted by molar-refractivity contribution is 5.41. The molecule has 0 saturated heterocycles. The first-order valence-electron chi connectivity index (χ1n) is 8.47. The summed E-state index contributed by atoms with van der Waals surface area (Å²) in [7, 11) is 0. The average Bonchev–Trinajstić information content (AvgIpc) is 2.60. The van der Waals surface area contributed by atoms with Gasteiger partial charge in [-0.2, -0.15) is 0 Å². The molecule has 2 N–H and O–H groups in total. The molecule has 0 aliphatic heterocycles. The Morgan fingerprint density at radius 3 is 1.88 bits per heavy atom. The molecule has 0 aliphatic carbocycles. The topological polar surface area (TPSA) is 49.7 Å². The lowest BCUT2D eigenvalue weighted by Crippen LogP contribution is -2.21. The van der Waals surface area contributed by atoms with E-state index in [1.54, 1.807) is 0 Å². The molecule has 0 heterocycles. The Morgan fingerprint density at radius 2 is 1.42 bits per heavy atom. The van der Waals surface area contributed by atoms with Crippen LogP contribution in [0, 0.1) is 0 Å². The summed E-state index contributed by atoms with van der Waals surface area (Å²) in [5.74, 6) is 1.23. The molecule has 0 radical (unpaired) electrons. The normalized spacial score (nSPS) is 13.1. The van der Waals surface area contributed by atoms with Gasteiger partial charge in [-0.25, -0.2) is 0 Å². The largest absolute Gasteiger partial charge is 0.491 e. The van der Waals surface area contributed by atoms with E-state index in [-0.39, 0.29) is 18.6 Å². The molecule has 130 valence electrons. The fraction of sp³-hybridized carbons (Fsp3) is 0.429. The third-order valence-corrected chi connectivity index (χ3v) is 4.53. The smallest absolute Gasteiger partial charge is 0.119 e. The van der Waals surface area contributed by atoms with Crippen LogP contribution in [0.1, 0.15) is 50.3 Å². The van der Waals surface area contributed by atoms with E-state index in [0.717, 1.165) is 0 Å². The number of benzene rings is 2. The molecular weight excluding hydrogens is 300 g/mol. The molecule has 0 amide bonds. The van der Waals surface area contributed by atoms with Gasteiger partial charge in [0.05, 0.1) is 6.61 Å². The highest BCUT2D eigenvalue weighted by atomic mass is 16.5. The van der Waals surface area contributed by atoms with Gasteiger partial charge in [-0.05, 0) is 34.7 Å². The van der Waals surface area contributed by atoms with E-state index in [2.05, 4.69) is 64.1 Å². The molecule has 0 saturated carbocycles. The standard InChI is InChI=1S/C21H28O3/c1-15(2)16-5-7-17(8-6-16)21(3,4)18-9-11-20(12-10-18)24-14-19(23)13-22/h5-12,15,19,22-23H,13-14H2,1-4H3. The second kappa shape index (κ2) is 7.82. The fourth-order valence-corrected chi connectivity index (χ4v) is 2.66. The van der Waals surface area contributed by atoms with Crippen molar-refractivity contribution in [2.75, 3.05) is 13.2 Å². The third kappa shape index (κ3) is 4.37. The summed E-state index contributed by atoms with van der Waals surface area (Å²) in [6.45, 7) is 8.62. The number of aliphatic hydroxyl groups is 2. The number of hydrogen-bond donors (Lipinski definition) is 2. The number of rotatable bonds is 7. The van der Waals surface area contributed by atoms with Gasteiger partial charge in [-0.3, -0.25) is 0 Å². The Kier molecular flexibility index (Phi) is 6.03. The first kappa shape index (κ1) is 18.5. The first-order valence-corrected chi connectivity index (χ1v) is 8.47. The Labute approximate surface area is 144 Å². The van der Waals surface area contributed by atoms with E-state index in [1.165, 1.54) is 16.7 Å². The zero-order valence-corrected chi connectivity index (χ0v) is 15.0. The molecule has 3 heteroatoms. The van der Waals surface area contributed by atoms with Gasteiger partial charge in [-0.1, -0.05) is 64.1 Å². The van der Waals surface area contributed by atoms with Crippen molar-refractivity contribution in [3.63, 3.8) is 0 Å². The van der Waals surface area contributed by atoms with E-state index in [1.807, 2.05) is 12.1 Å². The summed E-state index contributed by atoms with van der Waals surface area (Å²) in [5.41, 5.74) is 3.73. The van der Waals surface area contributed by atoms with Crippen LogP contribution < -0.4 is 4.74 Å². The van der Waals surface area contributed by atoms with Crippen LogP contribution in [0.25, 0.3) is 0 Å². The summed E-state index contributed by atoms with van der Waals surface area (Å²) in [4.78, 5) is 0. The van der Waals surface area contributed by atoms with Crippen molar-refractivity contribution in [2.45, 2.75) is 45.1 Å². The lowest BCUT2D eigenvalue weighted by atomic mass is 9.77. The van der Waals surface area contributed by atoms with Crippen LogP contribution in [0.5, 0.6) is 5.75 Å². The maximum atomic E-state index is 9.34. The lowest BCUT2D eigenvalue weighted by Gasteiger charge is -2.27. The highest BCUT2D eigenvalue weighted by Gasteiger charge is 2.23. The second-order valence-electron chi connectivity index (χ2n) is 7.07. The molecular formula is C21H28O3. The molecule has 0 fully saturated rings. The van der Waals surface area contributed by atoms with Gasteiger partial charge in [-0.15, -0.1) is 0 Å². The minimum Gasteiger partial charge on any atom is -0.491 e. The summed E-state index contributed by atoms with van der Waals surface area (Å²) >= 11 is 0. The summed E-state index contributed by atoms with van der Waals surface area (Å²) in [6.07, 6.45) is -0.847. The monoisotopic (exact) mass is 328 g/mol. The van der Waals surface area contributed by atoms with Crippen LogP contribution in [0.15, 0.2) is 48.5 Å². The highest BCUT2D eigenvalue weighted by Crippen LogP contribution is 2.33. The predicted molar refractivity (Wildman–Crippen MR) is 97.7 cm³/mol. The molecule has 0 spiro atoms. The SMILES string of the molecule is CC(C)c1ccc(C(C)(C)c2ccc(OCC(O)CO)cc2)cc1. The van der Waals surface area contributed by atoms with Gasteiger partial charge in [0.25, 0.3) is 0 Å². The van der Waals surface area contributed by atoms with Gasteiger partial charge in [0.15, 0.2) is 0 Å². The molecule has 1 unspecified atom stereocenters. The molecule has 0 aliphatic rings. The zero-order valence-electron chi connectivity index (χ0n) is 15.0. The number of ether oxygens (including phenoxy) is 1. The van der Waals surface area contributed by atoms with E-state index in [4.69, 9.17) is 9.84 Å². The molecule has 0 bridgehead atoms. The summed E-state index contributed by atoms with van der Waals surface area (Å²) in [5, 5.41) is 18.2. The Morgan fingerprint density at radius 1 is 0.917 bits per heavy atom. The van der Waals surface area contributed by atoms with Gasteiger partial charge in [0.1, 0.15) is 18.5 Å². The van der Waals surface area contributed by atoms with Crippen molar-refractivity contribution in [1.29, 1.82) is 0 Å². The van der Waals surface area contributed by atoms with Crippen molar-refractivity contribution >= 4 is 0 Å². The Bertz CT molecular complexity index is 627. The maximum Gasteiger partial charge on any atom is 0.119 e. The Hall–Kier alpha value is -1.84. The van der Waals surface area contributed by atoms with E-state index >= 15 is 0 Å². The van der Waals surface area contributed by atoms with Crippen molar-refractivity contribution in [3.8, 4) is 5.75 Å². The third-order valence-electron chi connectivity index (χ3n) is 4.53. The van der Waals surface area contributed by atoms with Crippen molar-refractivity contribution < 1.29 is 14.9 Å². The fourth-order valence-electron chi connectivity index (χ4n) is 2.66. The number of hydrogen-bond acceptors (Lipinski definition) is 3. The molecule has 2 aromatic carbocycles. The van der Waals surface area contributed by atoms with Crippen molar-refractivity contribution in [2.24, 2.45) is 0 Å². The minimum atomic E-state index is -0.847. The van der Waals surface area contributed by atoms with Crippen molar-refractivity contribution in [1.82, 2.24) is 0 Å². The molecule has 2 rings (SSSR count). The molecule has 1 atom stereocenters. The van der Waals surface area contributed by atoms with Crippen LogP contribution in [0.2, 0.25) is 0 Å². The average molecular weight is 328 g/mol. The zero-order chi connectivity index (χ0) is 17.7. The molecule has 3 nitrogen and oxygen atoms in total. The maximum absolute atomic E-state index is 9.34. The first-order chi connectivity index (χ1) is 11.3. The molecule has 0 aromatic heterocycles. The lowest BCUT2D eigenvalue weighted by molar-refractivity contribution is 0.0536. The van der Waals surface area contributed by atoms with E-state index in [0.29, 0.717) is 11.7 Å². The van der Waals surface area contributed by atoms with Gasteiger partial charge >= 0.3 is 0 Å². The molecule has 24 heavy (non-hydrogen) atoms. The summed E-state index contributed by atoms with van der Waals surface area (Å²) < 4.78 is 5.46. The number of aliphatic hydroxyl groups excluding tert-OH is 2. The quantitative estimate of drug-likeness (QED) is 0.811. The van der Waals surface area contributed by atoms with Crippen LogP contribution in [-0.2, 0) is 5.41 Å². The van der Waals surface area contributed by atoms with Crippen LogP contribution in [-0.4, -0.2) is 29.5 Å². The van der Waals surface area contributed by atoms with Gasteiger partial charge in [0.2, 0.25) is 0 Å². The predicted octanol–water partition coefficient (Wildman–Crippen LogP) is 3.87. The van der Waals surface area contributed by atoms with Gasteiger partial charge < -0.3 is 14.9 Å². The van der Waals surface area contributed by atoms with E-state index < -0.39 is 6.10 Å². The Balaban J connectivity index is 2.13. The van der Waals surface area contributed by atoms with E-state index in [9.17, 15) is 5.11 Å². The summed E-state index contributed by atoms with van der Waals surface area (Å²) in [6, 6.07) is 16.7. The minimum absolute atomic E-state index is 0.0932. The van der Waals surface area contributed by atoms with Crippen LogP contribution in [0.3, 0.4) is 0 Å². The second-order valence-corrected chi connectivity index (χ2v) is 7.07. The van der Waals surface area contributed by atoms with Crippen LogP contribution >= 0.6 is 0 Å². The van der Waals surface area contributed by atoms with Crippen molar-refractivity contribution in [3.05, 3.63) is 65.2 Å². The van der Waals surface area contributed by atoms with Crippen LogP contribution in [0.4, 0.5) is 0 Å². The van der Waals surface area contributed by atoms with Gasteiger partial charge in [0, 0.05) is 5.41 Å². The molecule has 2 aromatic rings.